The summed E-state index contributed by atoms with van der Waals surface area (Å²) in [5, 5.41) is 0. The lowest BCUT2D eigenvalue weighted by atomic mass is 10.1. The molecule has 88 valence electrons. The first-order chi connectivity index (χ1) is 7.56. The minimum Gasteiger partial charge on any atom is -0.389 e. The second-order valence-electron chi connectivity index (χ2n) is 3.44. The lowest BCUT2D eigenvalue weighted by Crippen LogP contribution is -2.24. The molecule has 0 unspecified atom stereocenters. The molecule has 0 amide bonds. The number of hydrogen-bond acceptors (Lipinski definition) is 3. The molecule has 2 N–H and O–H groups in total. The van der Waals surface area contributed by atoms with E-state index >= 15 is 0 Å². The van der Waals surface area contributed by atoms with Gasteiger partial charge in [0.1, 0.15) is 10.8 Å². The summed E-state index contributed by atoms with van der Waals surface area (Å²) in [6.45, 7) is 0.877. The lowest BCUT2D eigenvalue weighted by molar-refractivity contribution is 0.627. The molecule has 0 aliphatic heterocycles. The monoisotopic (exact) mass is 258 g/mol. The van der Waals surface area contributed by atoms with Crippen molar-refractivity contribution in [3.8, 4) is 0 Å². The molecule has 0 saturated heterocycles. The van der Waals surface area contributed by atoms with E-state index < -0.39 is 0 Å². The van der Waals surface area contributed by atoms with Crippen molar-refractivity contribution < 1.29 is 4.39 Å². The van der Waals surface area contributed by atoms with Crippen LogP contribution >= 0.6 is 24.0 Å². The van der Waals surface area contributed by atoms with E-state index in [0.29, 0.717) is 5.56 Å². The van der Waals surface area contributed by atoms with Crippen LogP contribution in [0.4, 0.5) is 10.1 Å². The molecule has 1 aromatic rings. The maximum Gasteiger partial charge on any atom is 0.124 e. The summed E-state index contributed by atoms with van der Waals surface area (Å²) in [6, 6.07) is 4.52. The number of thiocarbonyl (C=S) groups is 1. The first-order valence-electron chi connectivity index (χ1n) is 4.85. The van der Waals surface area contributed by atoms with Gasteiger partial charge in [0.25, 0.3) is 0 Å². The van der Waals surface area contributed by atoms with Gasteiger partial charge in [0, 0.05) is 30.6 Å². The molecule has 0 spiro atoms. The van der Waals surface area contributed by atoms with Crippen LogP contribution in [0.2, 0.25) is 0 Å². The maximum atomic E-state index is 13.1. The first kappa shape index (κ1) is 13.3. The Hall–Kier alpha value is -0.810. The molecule has 0 aliphatic carbocycles. The van der Waals surface area contributed by atoms with Gasteiger partial charge in [-0.15, -0.1) is 0 Å². The molecule has 0 atom stereocenters. The molecular weight excluding hydrogens is 243 g/mol. The SMILES string of the molecule is CSCCN(C)c1ccc(F)cc1C(N)=S. The van der Waals surface area contributed by atoms with Crippen molar-refractivity contribution in [1.82, 2.24) is 0 Å². The predicted octanol–water partition coefficient (Wildman–Crippen LogP) is 2.26. The average molecular weight is 258 g/mol. The fraction of sp³-hybridized carbons (Fsp3) is 0.364. The largest absolute Gasteiger partial charge is 0.389 e. The van der Waals surface area contributed by atoms with Crippen molar-refractivity contribution in [2.45, 2.75) is 0 Å². The molecule has 0 fully saturated rings. The third-order valence-corrected chi connectivity index (χ3v) is 3.08. The number of rotatable bonds is 5. The quantitative estimate of drug-likeness (QED) is 0.820. The van der Waals surface area contributed by atoms with Crippen LogP contribution in [-0.2, 0) is 0 Å². The number of hydrogen-bond donors (Lipinski definition) is 1. The molecule has 0 saturated carbocycles. The lowest BCUT2D eigenvalue weighted by Gasteiger charge is -2.21. The van der Waals surface area contributed by atoms with Crippen LogP contribution in [0.3, 0.4) is 0 Å². The highest BCUT2D eigenvalue weighted by Crippen LogP contribution is 2.20. The number of nitrogens with two attached hydrogens (primary N) is 1. The minimum absolute atomic E-state index is 0.227. The van der Waals surface area contributed by atoms with E-state index in [4.69, 9.17) is 18.0 Å². The Labute approximate surface area is 105 Å². The highest BCUT2D eigenvalue weighted by molar-refractivity contribution is 7.98. The number of halogens is 1. The van der Waals surface area contributed by atoms with Gasteiger partial charge in [0.05, 0.1) is 0 Å². The van der Waals surface area contributed by atoms with E-state index in [1.54, 1.807) is 17.8 Å². The Kier molecular flexibility index (Phi) is 5.02. The third-order valence-electron chi connectivity index (χ3n) is 2.27. The molecule has 0 radical (unpaired) electrons. The van der Waals surface area contributed by atoms with E-state index in [1.807, 2.05) is 18.2 Å². The Morgan fingerprint density at radius 2 is 2.25 bits per heavy atom. The normalized spacial score (nSPS) is 10.2. The molecule has 5 heteroatoms. The van der Waals surface area contributed by atoms with E-state index in [0.717, 1.165) is 18.0 Å². The Morgan fingerprint density at radius 1 is 1.56 bits per heavy atom. The van der Waals surface area contributed by atoms with E-state index in [9.17, 15) is 4.39 Å². The van der Waals surface area contributed by atoms with Crippen molar-refractivity contribution >= 4 is 34.7 Å². The first-order valence-corrected chi connectivity index (χ1v) is 6.66. The molecule has 0 bridgehead atoms. The van der Waals surface area contributed by atoms with Crippen LogP contribution in [0.15, 0.2) is 18.2 Å². The maximum absolute atomic E-state index is 13.1. The van der Waals surface area contributed by atoms with Gasteiger partial charge in [0.2, 0.25) is 0 Å². The van der Waals surface area contributed by atoms with Crippen molar-refractivity contribution in [2.75, 3.05) is 30.5 Å². The van der Waals surface area contributed by atoms with Crippen molar-refractivity contribution in [2.24, 2.45) is 5.73 Å². The van der Waals surface area contributed by atoms with Crippen LogP contribution in [0.25, 0.3) is 0 Å². The van der Waals surface area contributed by atoms with Crippen LogP contribution in [0.5, 0.6) is 0 Å². The summed E-state index contributed by atoms with van der Waals surface area (Å²) in [5.74, 6) is 0.690. The standard InChI is InChI=1S/C11H15FN2S2/c1-14(5-6-16-2)10-4-3-8(12)7-9(10)11(13)15/h3-4,7H,5-6H2,1-2H3,(H2,13,15). The van der Waals surface area contributed by atoms with E-state index in [-0.39, 0.29) is 10.8 Å². The van der Waals surface area contributed by atoms with Gasteiger partial charge >= 0.3 is 0 Å². The van der Waals surface area contributed by atoms with Crippen LogP contribution in [0, 0.1) is 5.82 Å². The molecule has 16 heavy (non-hydrogen) atoms. The van der Waals surface area contributed by atoms with Crippen LogP contribution in [-0.4, -0.2) is 30.6 Å². The summed E-state index contributed by atoms with van der Waals surface area (Å²) in [4.78, 5) is 2.26. The number of benzene rings is 1. The summed E-state index contributed by atoms with van der Waals surface area (Å²) in [7, 11) is 1.95. The molecule has 0 aliphatic rings. The molecule has 1 aromatic carbocycles. The number of anilines is 1. The van der Waals surface area contributed by atoms with Gasteiger partial charge in [-0.1, -0.05) is 12.2 Å². The average Bonchev–Trinajstić information content (AvgIpc) is 2.25. The smallest absolute Gasteiger partial charge is 0.124 e. The van der Waals surface area contributed by atoms with Gasteiger partial charge in [-0.2, -0.15) is 11.8 Å². The van der Waals surface area contributed by atoms with E-state index in [2.05, 4.69) is 0 Å². The summed E-state index contributed by atoms with van der Waals surface area (Å²) < 4.78 is 13.1. The van der Waals surface area contributed by atoms with E-state index in [1.165, 1.54) is 12.1 Å². The summed E-state index contributed by atoms with van der Waals surface area (Å²) in [6.07, 6.45) is 2.05. The van der Waals surface area contributed by atoms with Crippen molar-refractivity contribution in [3.05, 3.63) is 29.6 Å². The fourth-order valence-corrected chi connectivity index (χ4v) is 2.01. The number of thioether (sulfide) groups is 1. The molecular formula is C11H15FN2S2. The van der Waals surface area contributed by atoms with Crippen molar-refractivity contribution in [3.63, 3.8) is 0 Å². The highest BCUT2D eigenvalue weighted by Gasteiger charge is 2.10. The zero-order valence-electron chi connectivity index (χ0n) is 9.37. The summed E-state index contributed by atoms with van der Waals surface area (Å²) >= 11 is 6.68. The molecule has 1 rings (SSSR count). The van der Waals surface area contributed by atoms with Gasteiger partial charge in [-0.05, 0) is 24.5 Å². The molecule has 2 nitrogen and oxygen atoms in total. The number of nitrogens with zero attached hydrogens (tertiary/aromatic N) is 1. The predicted molar refractivity (Wildman–Crippen MR) is 73.9 cm³/mol. The fourth-order valence-electron chi connectivity index (χ4n) is 1.39. The van der Waals surface area contributed by atoms with Crippen molar-refractivity contribution in [1.29, 1.82) is 0 Å². The zero-order chi connectivity index (χ0) is 12.1. The second kappa shape index (κ2) is 6.06. The van der Waals surface area contributed by atoms with Crippen LogP contribution < -0.4 is 10.6 Å². The van der Waals surface area contributed by atoms with Crippen LogP contribution in [0.1, 0.15) is 5.56 Å². The second-order valence-corrected chi connectivity index (χ2v) is 4.87. The molecule has 0 heterocycles. The highest BCUT2D eigenvalue weighted by atomic mass is 32.2. The minimum atomic E-state index is -0.315. The van der Waals surface area contributed by atoms with Gasteiger partial charge < -0.3 is 10.6 Å². The molecule has 0 aromatic heterocycles. The topological polar surface area (TPSA) is 29.3 Å². The van der Waals surface area contributed by atoms with Gasteiger partial charge in [0.15, 0.2) is 0 Å². The Morgan fingerprint density at radius 3 is 2.81 bits per heavy atom. The van der Waals surface area contributed by atoms with Gasteiger partial charge in [-0.3, -0.25) is 0 Å². The Balaban J connectivity index is 2.98. The van der Waals surface area contributed by atoms with Gasteiger partial charge in [-0.25, -0.2) is 4.39 Å². The third kappa shape index (κ3) is 3.35. The Bertz CT molecular complexity index is 382. The zero-order valence-corrected chi connectivity index (χ0v) is 11.0. The summed E-state index contributed by atoms with van der Waals surface area (Å²) in [5.41, 5.74) is 7.06.